The number of nitrogens with zero attached hydrogens (tertiary/aromatic N) is 1. The number of hydrogen-bond acceptors (Lipinski definition) is 2. The Morgan fingerprint density at radius 1 is 1.12 bits per heavy atom. The molecule has 1 fully saturated rings. The van der Waals surface area contributed by atoms with E-state index in [4.69, 9.17) is 4.74 Å². The number of aryl methyl sites for hydroxylation is 1. The second-order valence-corrected chi connectivity index (χ2v) is 7.66. The number of benzene rings is 2. The molecule has 0 unspecified atom stereocenters. The van der Waals surface area contributed by atoms with Crippen molar-refractivity contribution in [3.63, 3.8) is 0 Å². The van der Waals surface area contributed by atoms with Crippen LogP contribution in [0.15, 0.2) is 42.5 Å². The van der Waals surface area contributed by atoms with E-state index in [1.54, 1.807) is 0 Å². The Morgan fingerprint density at radius 3 is 2.67 bits per heavy atom. The zero-order chi connectivity index (χ0) is 16.2. The maximum atomic E-state index is 11.7. The molecule has 2 heterocycles. The molecule has 4 heteroatoms. The number of quaternary nitrogens is 1. The highest BCUT2D eigenvalue weighted by Crippen LogP contribution is 2.53. The van der Waals surface area contributed by atoms with Gasteiger partial charge in [0.05, 0.1) is 33.1 Å². The van der Waals surface area contributed by atoms with Crippen LogP contribution >= 0.6 is 0 Å². The van der Waals surface area contributed by atoms with Crippen LogP contribution in [0, 0.1) is 6.92 Å². The fourth-order valence-corrected chi connectivity index (χ4v) is 4.17. The Bertz CT molecular complexity index is 774. The normalized spacial score (nSPS) is 26.8. The van der Waals surface area contributed by atoms with Crippen molar-refractivity contribution < 1.29 is 38.3 Å². The fraction of sp³-hybridized carbons (Fsp3) is 0.400. The molecule has 0 aliphatic carbocycles. The molecule has 0 aromatic heterocycles. The van der Waals surface area contributed by atoms with E-state index in [0.29, 0.717) is 0 Å². The van der Waals surface area contributed by atoms with Crippen molar-refractivity contribution in [3.8, 4) is 11.5 Å². The van der Waals surface area contributed by atoms with E-state index in [2.05, 4.69) is 39.2 Å². The summed E-state index contributed by atoms with van der Waals surface area (Å²) in [6.07, 6.45) is 0.748. The summed E-state index contributed by atoms with van der Waals surface area (Å²) in [5, 5.41) is 11.7. The third-order valence-electron chi connectivity index (χ3n) is 5.53. The first kappa shape index (κ1) is 17.7. The lowest BCUT2D eigenvalue weighted by molar-refractivity contribution is -0.899. The molecule has 3 nitrogen and oxygen atoms in total. The van der Waals surface area contributed by atoms with Crippen molar-refractivity contribution in [1.29, 1.82) is 0 Å². The summed E-state index contributed by atoms with van der Waals surface area (Å²) in [4.78, 5) is 0. The number of aliphatic hydroxyl groups is 1. The van der Waals surface area contributed by atoms with E-state index >= 15 is 0 Å². The highest BCUT2D eigenvalue weighted by atomic mass is 127. The van der Waals surface area contributed by atoms with E-state index in [1.807, 2.05) is 24.3 Å². The average molecular weight is 437 g/mol. The number of hydrogen-bond donors (Lipinski definition) is 1. The average Bonchev–Trinajstić information content (AvgIpc) is 2.62. The second-order valence-electron chi connectivity index (χ2n) is 7.66. The predicted octanol–water partition coefficient (Wildman–Crippen LogP) is 0.556. The number of para-hydroxylation sites is 2. The van der Waals surface area contributed by atoms with E-state index in [-0.39, 0.29) is 29.9 Å². The summed E-state index contributed by atoms with van der Waals surface area (Å²) in [6.45, 7) is 3.95. The van der Waals surface area contributed by atoms with Gasteiger partial charge in [-0.3, -0.25) is 0 Å². The third kappa shape index (κ3) is 2.65. The largest absolute Gasteiger partial charge is 1.00 e. The quantitative estimate of drug-likeness (QED) is 0.482. The van der Waals surface area contributed by atoms with Gasteiger partial charge in [-0.15, -0.1) is 0 Å². The summed E-state index contributed by atoms with van der Waals surface area (Å²) in [6, 6.07) is 14.2. The van der Waals surface area contributed by atoms with E-state index in [1.165, 1.54) is 0 Å². The first-order chi connectivity index (χ1) is 10.9. The standard InChI is InChI=1S/C20H24NO2.HI/c1-14-7-6-8-15-17-13-21(2,3)12-11-20(17,22)16-9-4-5-10-18(16)23-19(14)15;/h4-10,17,22H,11-13H2,1-3H3;1H/q+1;/p-1/t17-,20-;/m0./s1. The zero-order valence-corrected chi connectivity index (χ0v) is 16.6. The lowest BCUT2D eigenvalue weighted by atomic mass is 9.72. The molecule has 1 saturated heterocycles. The molecule has 2 aromatic carbocycles. The summed E-state index contributed by atoms with van der Waals surface area (Å²) < 4.78 is 7.21. The molecular weight excluding hydrogens is 413 g/mol. The van der Waals surface area contributed by atoms with Crippen LogP contribution in [0.4, 0.5) is 0 Å². The van der Waals surface area contributed by atoms with E-state index < -0.39 is 5.60 Å². The first-order valence-electron chi connectivity index (χ1n) is 8.32. The van der Waals surface area contributed by atoms with E-state index in [9.17, 15) is 5.11 Å². The summed E-state index contributed by atoms with van der Waals surface area (Å²) in [5.41, 5.74) is 2.33. The van der Waals surface area contributed by atoms with Crippen LogP contribution in [0.25, 0.3) is 0 Å². The monoisotopic (exact) mass is 437 g/mol. The summed E-state index contributed by atoms with van der Waals surface area (Å²) in [5.74, 6) is 1.76. The highest BCUT2D eigenvalue weighted by molar-refractivity contribution is 5.53. The molecule has 24 heavy (non-hydrogen) atoms. The van der Waals surface area contributed by atoms with Crippen molar-refractivity contribution in [2.75, 3.05) is 27.2 Å². The van der Waals surface area contributed by atoms with E-state index in [0.717, 1.165) is 52.2 Å². The number of likely N-dealkylation sites (tertiary alicyclic amines) is 1. The smallest absolute Gasteiger partial charge is 0.134 e. The number of halogens is 1. The van der Waals surface area contributed by atoms with Gasteiger partial charge in [-0.25, -0.2) is 0 Å². The van der Waals surface area contributed by atoms with Crippen LogP contribution in [-0.4, -0.2) is 36.8 Å². The van der Waals surface area contributed by atoms with Crippen LogP contribution in [0.3, 0.4) is 0 Å². The molecule has 1 N–H and O–H groups in total. The van der Waals surface area contributed by atoms with Gasteiger partial charge in [-0.1, -0.05) is 36.4 Å². The highest BCUT2D eigenvalue weighted by Gasteiger charge is 2.51. The van der Waals surface area contributed by atoms with Gasteiger partial charge in [0.1, 0.15) is 17.1 Å². The van der Waals surface area contributed by atoms with Crippen LogP contribution in [0.2, 0.25) is 0 Å². The molecule has 2 aliphatic rings. The number of likely N-dealkylation sites (N-methyl/N-ethyl adjacent to an activating group) is 1. The Balaban J connectivity index is 0.00000169. The molecule has 2 atom stereocenters. The maximum absolute atomic E-state index is 11.7. The molecule has 0 bridgehead atoms. The number of rotatable bonds is 0. The fourth-order valence-electron chi connectivity index (χ4n) is 4.17. The third-order valence-corrected chi connectivity index (χ3v) is 5.53. The SMILES string of the molecule is Cc1cccc2c1Oc1ccccc1[C@@]1(O)CC[N+](C)(C)C[C@@H]21.[I-]. The Kier molecular flexibility index (Phi) is 4.43. The minimum Gasteiger partial charge on any atom is -1.00 e. The number of fused-ring (bicyclic) bond motifs is 5. The van der Waals surface area contributed by atoms with Crippen molar-refractivity contribution in [2.24, 2.45) is 0 Å². The second kappa shape index (κ2) is 6.00. The van der Waals surface area contributed by atoms with Crippen molar-refractivity contribution in [2.45, 2.75) is 24.9 Å². The van der Waals surface area contributed by atoms with Crippen LogP contribution in [0.5, 0.6) is 11.5 Å². The van der Waals surface area contributed by atoms with Gasteiger partial charge in [-0.05, 0) is 18.6 Å². The van der Waals surface area contributed by atoms with Gasteiger partial charge in [0, 0.05) is 17.5 Å². The van der Waals surface area contributed by atoms with Gasteiger partial charge < -0.3 is 38.3 Å². The maximum Gasteiger partial charge on any atom is 0.134 e. The van der Waals surface area contributed by atoms with Gasteiger partial charge in [0.25, 0.3) is 0 Å². The molecule has 2 aromatic rings. The molecule has 0 saturated carbocycles. The predicted molar refractivity (Wildman–Crippen MR) is 90.8 cm³/mol. The molecule has 0 radical (unpaired) electrons. The minimum atomic E-state index is -0.858. The molecule has 128 valence electrons. The molecule has 4 rings (SSSR count). The van der Waals surface area contributed by atoms with Gasteiger partial charge in [0.2, 0.25) is 0 Å². The Hall–Kier alpha value is -1.11. The van der Waals surface area contributed by atoms with Crippen LogP contribution in [-0.2, 0) is 5.60 Å². The minimum absolute atomic E-state index is 0. The number of piperidine rings is 1. The van der Waals surface area contributed by atoms with Gasteiger partial charge >= 0.3 is 0 Å². The topological polar surface area (TPSA) is 29.5 Å². The van der Waals surface area contributed by atoms with Crippen molar-refractivity contribution in [1.82, 2.24) is 0 Å². The van der Waals surface area contributed by atoms with Crippen LogP contribution in [0.1, 0.15) is 29.0 Å². The lowest BCUT2D eigenvalue weighted by Gasteiger charge is -2.47. The Morgan fingerprint density at radius 2 is 1.88 bits per heavy atom. The van der Waals surface area contributed by atoms with Crippen LogP contribution < -0.4 is 28.7 Å². The Labute approximate surface area is 160 Å². The molecule has 2 aliphatic heterocycles. The van der Waals surface area contributed by atoms with Gasteiger partial charge in [-0.2, -0.15) is 0 Å². The summed E-state index contributed by atoms with van der Waals surface area (Å²) in [7, 11) is 4.49. The van der Waals surface area contributed by atoms with Gasteiger partial charge in [0.15, 0.2) is 0 Å². The van der Waals surface area contributed by atoms with Crippen molar-refractivity contribution >= 4 is 0 Å². The number of ether oxygens (including phenoxy) is 1. The lowest BCUT2D eigenvalue weighted by Crippen LogP contribution is -3.00. The van der Waals surface area contributed by atoms with Crippen molar-refractivity contribution in [3.05, 3.63) is 59.2 Å². The zero-order valence-electron chi connectivity index (χ0n) is 14.4. The molecular formula is C20H24INO2. The summed E-state index contributed by atoms with van der Waals surface area (Å²) >= 11 is 0. The first-order valence-corrected chi connectivity index (χ1v) is 8.32. The molecule has 0 spiro atoms. The molecule has 0 amide bonds.